The van der Waals surface area contributed by atoms with Gasteiger partial charge in [0.2, 0.25) is 11.7 Å². The summed E-state index contributed by atoms with van der Waals surface area (Å²) in [7, 11) is 0. The molecule has 0 aliphatic carbocycles. The van der Waals surface area contributed by atoms with E-state index in [0.29, 0.717) is 36.9 Å². The summed E-state index contributed by atoms with van der Waals surface area (Å²) in [5.74, 6) is 0.751. The minimum absolute atomic E-state index is 0.0636. The average Bonchev–Trinajstić information content (AvgIpc) is 3.06. The molecule has 2 heterocycles. The summed E-state index contributed by atoms with van der Waals surface area (Å²) in [6.45, 7) is 5.43. The minimum Gasteiger partial charge on any atom is -0.338 e. The number of hydrogen-bond donors (Lipinski definition) is 0. The smallest absolute Gasteiger partial charge is 0.253 e. The van der Waals surface area contributed by atoms with Crippen LogP contribution in [0, 0.1) is 12.7 Å². The van der Waals surface area contributed by atoms with Crippen molar-refractivity contribution in [3.05, 3.63) is 71.4 Å². The number of carbonyl (C=O) groups excluding carboxylic acids is 1. The lowest BCUT2D eigenvalue weighted by Gasteiger charge is -2.21. The summed E-state index contributed by atoms with van der Waals surface area (Å²) >= 11 is 0. The van der Waals surface area contributed by atoms with Crippen LogP contribution < -0.4 is 0 Å². The number of amides is 1. The van der Waals surface area contributed by atoms with Crippen molar-refractivity contribution < 1.29 is 13.7 Å². The van der Waals surface area contributed by atoms with Crippen LogP contribution in [-0.2, 0) is 6.54 Å². The van der Waals surface area contributed by atoms with E-state index in [9.17, 15) is 9.18 Å². The Kier molecular flexibility index (Phi) is 5.67. The van der Waals surface area contributed by atoms with Crippen molar-refractivity contribution in [2.45, 2.75) is 19.9 Å². The van der Waals surface area contributed by atoms with E-state index < -0.39 is 0 Å². The van der Waals surface area contributed by atoms with E-state index in [1.807, 2.05) is 36.1 Å². The molecule has 1 fully saturated rings. The molecule has 150 valence electrons. The van der Waals surface area contributed by atoms with E-state index >= 15 is 0 Å². The summed E-state index contributed by atoms with van der Waals surface area (Å²) in [6.07, 6.45) is 0.853. The lowest BCUT2D eigenvalue weighted by atomic mass is 10.1. The minimum atomic E-state index is -0.340. The Morgan fingerprint density at radius 2 is 1.79 bits per heavy atom. The zero-order chi connectivity index (χ0) is 20.2. The zero-order valence-electron chi connectivity index (χ0n) is 16.3. The van der Waals surface area contributed by atoms with Gasteiger partial charge >= 0.3 is 0 Å². The van der Waals surface area contributed by atoms with Crippen molar-refractivity contribution in [1.82, 2.24) is 19.9 Å². The van der Waals surface area contributed by atoms with Crippen molar-refractivity contribution in [3.63, 3.8) is 0 Å². The molecule has 0 atom stereocenters. The van der Waals surface area contributed by atoms with E-state index in [-0.39, 0.29) is 11.7 Å². The third kappa shape index (κ3) is 4.68. The Hall–Kier alpha value is -3.06. The Morgan fingerprint density at radius 1 is 1.03 bits per heavy atom. The van der Waals surface area contributed by atoms with Gasteiger partial charge in [-0.1, -0.05) is 35.0 Å². The van der Waals surface area contributed by atoms with Crippen molar-refractivity contribution in [2.75, 3.05) is 26.2 Å². The van der Waals surface area contributed by atoms with Gasteiger partial charge in [0.25, 0.3) is 5.91 Å². The largest absolute Gasteiger partial charge is 0.338 e. The third-order valence-electron chi connectivity index (χ3n) is 5.10. The first-order chi connectivity index (χ1) is 14.1. The summed E-state index contributed by atoms with van der Waals surface area (Å²) in [6, 6.07) is 13.7. The van der Waals surface area contributed by atoms with E-state index in [1.54, 1.807) is 0 Å². The maximum Gasteiger partial charge on any atom is 0.253 e. The van der Waals surface area contributed by atoms with Crippen molar-refractivity contribution in [2.24, 2.45) is 0 Å². The van der Waals surface area contributed by atoms with Gasteiger partial charge in [0.1, 0.15) is 5.82 Å². The summed E-state index contributed by atoms with van der Waals surface area (Å²) in [5, 5.41) is 4.09. The summed E-state index contributed by atoms with van der Waals surface area (Å²) in [4.78, 5) is 21.2. The van der Waals surface area contributed by atoms with Gasteiger partial charge < -0.3 is 9.42 Å². The van der Waals surface area contributed by atoms with Gasteiger partial charge in [-0.05, 0) is 37.6 Å². The predicted molar refractivity (Wildman–Crippen MR) is 107 cm³/mol. The van der Waals surface area contributed by atoms with Crippen LogP contribution >= 0.6 is 0 Å². The van der Waals surface area contributed by atoms with Gasteiger partial charge in [-0.2, -0.15) is 4.98 Å². The van der Waals surface area contributed by atoms with Crippen LogP contribution in [0.2, 0.25) is 0 Å². The second-order valence-electron chi connectivity index (χ2n) is 7.31. The highest BCUT2D eigenvalue weighted by molar-refractivity contribution is 5.94. The van der Waals surface area contributed by atoms with Crippen LogP contribution in [0.15, 0.2) is 53.1 Å². The second kappa shape index (κ2) is 8.53. The highest BCUT2D eigenvalue weighted by atomic mass is 19.1. The van der Waals surface area contributed by atoms with Crippen molar-refractivity contribution in [3.8, 4) is 11.4 Å². The predicted octanol–water partition coefficient (Wildman–Crippen LogP) is 3.53. The lowest BCUT2D eigenvalue weighted by molar-refractivity contribution is 0.0760. The molecule has 0 saturated carbocycles. The molecule has 1 amide bonds. The molecule has 0 unspecified atom stereocenters. The van der Waals surface area contributed by atoms with E-state index in [4.69, 9.17) is 4.52 Å². The molecular weight excluding hydrogens is 371 g/mol. The SMILES string of the molecule is Cc1ccc(-c2noc(CN3CCCN(C(=O)c4ccc(F)cc4)CC3)n2)cc1. The first-order valence-electron chi connectivity index (χ1n) is 9.75. The van der Waals surface area contributed by atoms with Gasteiger partial charge in [0.15, 0.2) is 0 Å². The van der Waals surface area contributed by atoms with Crippen LogP contribution in [0.25, 0.3) is 11.4 Å². The van der Waals surface area contributed by atoms with Crippen molar-refractivity contribution in [1.29, 1.82) is 0 Å². The fourth-order valence-electron chi connectivity index (χ4n) is 3.44. The number of rotatable bonds is 4. The molecular formula is C22H23FN4O2. The standard InChI is InChI=1S/C22H23FN4O2/c1-16-3-5-17(6-4-16)21-24-20(29-25-21)15-26-11-2-12-27(14-13-26)22(28)18-7-9-19(23)10-8-18/h3-10H,2,11-15H2,1H3. The molecule has 1 aromatic heterocycles. The van der Waals surface area contributed by atoms with Crippen LogP contribution in [0.3, 0.4) is 0 Å². The Balaban J connectivity index is 1.36. The van der Waals surface area contributed by atoms with E-state index in [1.165, 1.54) is 29.8 Å². The molecule has 0 N–H and O–H groups in total. The molecule has 0 spiro atoms. The number of aryl methyl sites for hydroxylation is 1. The van der Waals surface area contributed by atoms with Crippen LogP contribution in [-0.4, -0.2) is 52.0 Å². The molecule has 7 heteroatoms. The number of halogens is 1. The fourth-order valence-corrected chi connectivity index (χ4v) is 3.44. The molecule has 2 aromatic carbocycles. The van der Waals surface area contributed by atoms with Crippen LogP contribution in [0.1, 0.15) is 28.2 Å². The maximum absolute atomic E-state index is 13.1. The number of hydrogen-bond acceptors (Lipinski definition) is 5. The lowest BCUT2D eigenvalue weighted by Crippen LogP contribution is -2.35. The fraction of sp³-hybridized carbons (Fsp3) is 0.318. The van der Waals surface area contributed by atoms with Gasteiger partial charge in [-0.25, -0.2) is 4.39 Å². The van der Waals surface area contributed by atoms with Crippen molar-refractivity contribution >= 4 is 5.91 Å². The first-order valence-corrected chi connectivity index (χ1v) is 9.75. The molecule has 1 aliphatic heterocycles. The van der Waals surface area contributed by atoms with Gasteiger partial charge in [0, 0.05) is 37.3 Å². The van der Waals surface area contributed by atoms with Gasteiger partial charge in [-0.3, -0.25) is 9.69 Å². The molecule has 29 heavy (non-hydrogen) atoms. The van der Waals surface area contributed by atoms with E-state index in [0.717, 1.165) is 25.1 Å². The summed E-state index contributed by atoms with van der Waals surface area (Å²) < 4.78 is 18.5. The maximum atomic E-state index is 13.1. The molecule has 0 radical (unpaired) electrons. The Morgan fingerprint density at radius 3 is 2.55 bits per heavy atom. The topological polar surface area (TPSA) is 62.5 Å². The number of aromatic nitrogens is 2. The molecule has 1 aliphatic rings. The van der Waals surface area contributed by atoms with Crippen LogP contribution in [0.5, 0.6) is 0 Å². The second-order valence-corrected chi connectivity index (χ2v) is 7.31. The monoisotopic (exact) mass is 394 g/mol. The molecule has 4 rings (SSSR count). The third-order valence-corrected chi connectivity index (χ3v) is 5.10. The van der Waals surface area contributed by atoms with Gasteiger partial charge in [-0.15, -0.1) is 0 Å². The highest BCUT2D eigenvalue weighted by Crippen LogP contribution is 2.18. The first kappa shape index (κ1) is 19.3. The highest BCUT2D eigenvalue weighted by Gasteiger charge is 2.21. The number of benzene rings is 2. The molecule has 0 bridgehead atoms. The Bertz CT molecular complexity index is 969. The number of nitrogens with zero attached hydrogens (tertiary/aromatic N) is 4. The normalized spacial score (nSPS) is 15.3. The van der Waals surface area contributed by atoms with Crippen LogP contribution in [0.4, 0.5) is 4.39 Å². The summed E-state index contributed by atoms with van der Waals surface area (Å²) in [5.41, 5.74) is 2.62. The molecule has 1 saturated heterocycles. The molecule has 6 nitrogen and oxygen atoms in total. The average molecular weight is 394 g/mol. The van der Waals surface area contributed by atoms with E-state index in [2.05, 4.69) is 15.0 Å². The molecule has 3 aromatic rings. The number of carbonyl (C=O) groups is 1. The Labute approximate surface area is 168 Å². The zero-order valence-corrected chi connectivity index (χ0v) is 16.3. The quantitative estimate of drug-likeness (QED) is 0.677. The van der Waals surface area contributed by atoms with Gasteiger partial charge in [0.05, 0.1) is 6.54 Å².